The lowest BCUT2D eigenvalue weighted by molar-refractivity contribution is 0.0506. The molecule has 2 aliphatic rings. The number of carbonyl (C=O) groups excluding carboxylic acids is 1. The molecule has 0 aromatic carbocycles. The van der Waals surface area contributed by atoms with E-state index in [1.54, 1.807) is 0 Å². The summed E-state index contributed by atoms with van der Waals surface area (Å²) in [6.07, 6.45) is 5.96. The van der Waals surface area contributed by atoms with Crippen LogP contribution in [0.15, 0.2) is 6.20 Å². The van der Waals surface area contributed by atoms with Gasteiger partial charge in [-0.2, -0.15) is 5.10 Å². The van der Waals surface area contributed by atoms with Crippen LogP contribution in [0.4, 0.5) is 10.5 Å². The van der Waals surface area contributed by atoms with Gasteiger partial charge in [0.2, 0.25) is 0 Å². The van der Waals surface area contributed by atoms with Crippen LogP contribution in [-0.4, -0.2) is 33.6 Å². The second-order valence-corrected chi connectivity index (χ2v) is 8.03. The predicted molar refractivity (Wildman–Crippen MR) is 89.4 cm³/mol. The van der Waals surface area contributed by atoms with Crippen LogP contribution in [0.5, 0.6) is 0 Å². The summed E-state index contributed by atoms with van der Waals surface area (Å²) in [5, 5.41) is 11.1. The Morgan fingerprint density at radius 2 is 2.13 bits per heavy atom. The number of anilines is 1. The highest BCUT2D eigenvalue weighted by Gasteiger charge is 2.62. The maximum Gasteiger partial charge on any atom is 0.407 e. The average Bonchev–Trinajstić information content (AvgIpc) is 2.93. The molecule has 0 saturated heterocycles. The number of aromatic nitrogens is 2. The molecule has 0 aliphatic heterocycles. The molecule has 0 bridgehead atoms. The first-order valence-electron chi connectivity index (χ1n) is 8.49. The molecular formula is C17H28N4O2. The standard InChI is InChI=1S/C17H28N4O2/c1-6-12-13(10-21(5)20-12)18-11-7-17(8-11)9-14(17)19-15(22)23-16(2,3)4/h10-11,14,18H,6-9H2,1-5H3,(H,19,22). The molecule has 1 atom stereocenters. The first kappa shape index (κ1) is 16.1. The van der Waals surface area contributed by atoms with Crippen LogP contribution in [0.3, 0.4) is 0 Å². The zero-order chi connectivity index (χ0) is 16.8. The van der Waals surface area contributed by atoms with E-state index in [0.717, 1.165) is 37.1 Å². The molecule has 1 amide bonds. The second kappa shape index (κ2) is 5.42. The zero-order valence-corrected chi connectivity index (χ0v) is 14.8. The van der Waals surface area contributed by atoms with Crippen molar-refractivity contribution >= 4 is 11.8 Å². The third kappa shape index (κ3) is 3.46. The van der Waals surface area contributed by atoms with E-state index in [0.29, 0.717) is 11.5 Å². The van der Waals surface area contributed by atoms with Crippen LogP contribution in [0.1, 0.15) is 52.7 Å². The Morgan fingerprint density at radius 1 is 1.43 bits per heavy atom. The molecule has 1 unspecified atom stereocenters. The number of carbonyl (C=O) groups is 1. The van der Waals surface area contributed by atoms with E-state index in [1.807, 2.05) is 38.7 Å². The van der Waals surface area contributed by atoms with Gasteiger partial charge in [-0.25, -0.2) is 4.79 Å². The van der Waals surface area contributed by atoms with Gasteiger partial charge < -0.3 is 15.4 Å². The number of ether oxygens (including phenoxy) is 1. The molecule has 2 fully saturated rings. The van der Waals surface area contributed by atoms with Crippen LogP contribution in [0.2, 0.25) is 0 Å². The van der Waals surface area contributed by atoms with Gasteiger partial charge in [0.1, 0.15) is 5.60 Å². The minimum atomic E-state index is -0.438. The number of hydrogen-bond donors (Lipinski definition) is 2. The highest BCUT2D eigenvalue weighted by Crippen LogP contribution is 2.61. The Hall–Kier alpha value is -1.72. The van der Waals surface area contributed by atoms with E-state index in [2.05, 4.69) is 22.7 Å². The number of alkyl carbamates (subject to hydrolysis) is 1. The van der Waals surface area contributed by atoms with E-state index < -0.39 is 5.60 Å². The normalized spacial score (nSPS) is 29.1. The Balaban J connectivity index is 1.46. The molecule has 2 aliphatic carbocycles. The minimum Gasteiger partial charge on any atom is -0.444 e. The molecule has 128 valence electrons. The molecule has 0 radical (unpaired) electrons. The molecule has 2 N–H and O–H groups in total. The molecule has 1 spiro atoms. The van der Waals surface area contributed by atoms with Crippen molar-refractivity contribution in [1.82, 2.24) is 15.1 Å². The minimum absolute atomic E-state index is 0.273. The van der Waals surface area contributed by atoms with Crippen molar-refractivity contribution in [2.24, 2.45) is 12.5 Å². The Labute approximate surface area is 138 Å². The van der Waals surface area contributed by atoms with Crippen molar-refractivity contribution in [2.75, 3.05) is 5.32 Å². The zero-order valence-electron chi connectivity index (χ0n) is 14.8. The summed E-state index contributed by atoms with van der Waals surface area (Å²) in [4.78, 5) is 11.8. The van der Waals surface area contributed by atoms with Gasteiger partial charge >= 0.3 is 6.09 Å². The lowest BCUT2D eigenvalue weighted by Gasteiger charge is -2.38. The molecule has 6 nitrogen and oxygen atoms in total. The fourth-order valence-corrected chi connectivity index (χ4v) is 3.61. The monoisotopic (exact) mass is 320 g/mol. The van der Waals surface area contributed by atoms with Gasteiger partial charge in [0.05, 0.1) is 11.4 Å². The number of aryl methyl sites for hydroxylation is 2. The second-order valence-electron chi connectivity index (χ2n) is 8.03. The van der Waals surface area contributed by atoms with Crippen molar-refractivity contribution in [3.63, 3.8) is 0 Å². The first-order valence-corrected chi connectivity index (χ1v) is 8.49. The number of rotatable bonds is 4. The van der Waals surface area contributed by atoms with Crippen molar-refractivity contribution in [3.8, 4) is 0 Å². The van der Waals surface area contributed by atoms with E-state index in [4.69, 9.17) is 4.74 Å². The lowest BCUT2D eigenvalue weighted by atomic mass is 9.76. The van der Waals surface area contributed by atoms with Crippen molar-refractivity contribution < 1.29 is 9.53 Å². The topological polar surface area (TPSA) is 68.2 Å². The molecular weight excluding hydrogens is 292 g/mol. The van der Waals surface area contributed by atoms with Gasteiger partial charge in [-0.05, 0) is 51.9 Å². The Kier molecular flexibility index (Phi) is 3.81. The van der Waals surface area contributed by atoms with E-state index in [9.17, 15) is 4.79 Å². The Morgan fingerprint density at radius 3 is 2.74 bits per heavy atom. The van der Waals surface area contributed by atoms with Gasteiger partial charge in [-0.3, -0.25) is 4.68 Å². The number of hydrogen-bond acceptors (Lipinski definition) is 4. The van der Waals surface area contributed by atoms with E-state index >= 15 is 0 Å². The largest absolute Gasteiger partial charge is 0.444 e. The maximum atomic E-state index is 11.8. The number of amides is 1. The van der Waals surface area contributed by atoms with Crippen LogP contribution >= 0.6 is 0 Å². The summed E-state index contributed by atoms with van der Waals surface area (Å²) in [5.74, 6) is 0. The SMILES string of the molecule is CCc1nn(C)cc1NC1CC2(C1)CC2NC(=O)OC(C)(C)C. The van der Waals surface area contributed by atoms with Crippen molar-refractivity contribution in [3.05, 3.63) is 11.9 Å². The van der Waals surface area contributed by atoms with Crippen LogP contribution in [0, 0.1) is 5.41 Å². The third-order valence-electron chi connectivity index (χ3n) is 4.79. The number of nitrogens with one attached hydrogen (secondary N) is 2. The quantitative estimate of drug-likeness (QED) is 0.895. The maximum absolute atomic E-state index is 11.8. The van der Waals surface area contributed by atoms with Crippen LogP contribution < -0.4 is 10.6 Å². The van der Waals surface area contributed by atoms with Crippen LogP contribution in [-0.2, 0) is 18.2 Å². The van der Waals surface area contributed by atoms with Gasteiger partial charge in [0.25, 0.3) is 0 Å². The summed E-state index contributed by atoms with van der Waals surface area (Å²) in [6.45, 7) is 7.78. The van der Waals surface area contributed by atoms with Crippen molar-refractivity contribution in [2.45, 2.75) is 71.1 Å². The van der Waals surface area contributed by atoms with Gasteiger partial charge in [0.15, 0.2) is 0 Å². The molecule has 1 aromatic heterocycles. The fraction of sp³-hybridized carbons (Fsp3) is 0.765. The predicted octanol–water partition coefficient (Wildman–Crippen LogP) is 2.84. The molecule has 1 aromatic rings. The van der Waals surface area contributed by atoms with E-state index in [1.165, 1.54) is 0 Å². The fourth-order valence-electron chi connectivity index (χ4n) is 3.61. The highest BCUT2D eigenvalue weighted by atomic mass is 16.6. The van der Waals surface area contributed by atoms with Gasteiger partial charge in [-0.1, -0.05) is 6.92 Å². The summed E-state index contributed by atoms with van der Waals surface area (Å²) in [6, 6.07) is 0.755. The Bertz CT molecular complexity index is 596. The molecule has 3 rings (SSSR count). The molecule has 1 heterocycles. The average molecular weight is 320 g/mol. The lowest BCUT2D eigenvalue weighted by Crippen LogP contribution is -2.43. The van der Waals surface area contributed by atoms with Crippen LogP contribution in [0.25, 0.3) is 0 Å². The summed E-state index contributed by atoms with van der Waals surface area (Å²) in [5.41, 5.74) is 2.12. The summed E-state index contributed by atoms with van der Waals surface area (Å²) < 4.78 is 7.19. The smallest absolute Gasteiger partial charge is 0.407 e. The summed E-state index contributed by atoms with van der Waals surface area (Å²) >= 11 is 0. The van der Waals surface area contributed by atoms with E-state index in [-0.39, 0.29) is 12.1 Å². The highest BCUT2D eigenvalue weighted by molar-refractivity contribution is 5.69. The number of nitrogens with zero attached hydrogens (tertiary/aromatic N) is 2. The van der Waals surface area contributed by atoms with Gasteiger partial charge in [-0.15, -0.1) is 0 Å². The summed E-state index contributed by atoms with van der Waals surface area (Å²) in [7, 11) is 1.95. The molecule has 23 heavy (non-hydrogen) atoms. The third-order valence-corrected chi connectivity index (χ3v) is 4.79. The molecule has 2 saturated carbocycles. The first-order chi connectivity index (χ1) is 10.7. The van der Waals surface area contributed by atoms with Gasteiger partial charge in [0, 0.05) is 25.3 Å². The van der Waals surface area contributed by atoms with Crippen molar-refractivity contribution in [1.29, 1.82) is 0 Å². The molecule has 6 heteroatoms.